The second-order valence-electron chi connectivity index (χ2n) is 3.19. The summed E-state index contributed by atoms with van der Waals surface area (Å²) in [5, 5.41) is 27.5. The molecule has 0 saturated carbocycles. The molecular formula is C8H14O6. The largest absolute Gasteiger partial charge is 0.459 e. The van der Waals surface area contributed by atoms with E-state index in [0.29, 0.717) is 0 Å². The quantitative estimate of drug-likeness (QED) is 0.470. The van der Waals surface area contributed by atoms with Crippen molar-refractivity contribution in [3.05, 3.63) is 0 Å². The lowest BCUT2D eigenvalue weighted by molar-refractivity contribution is -0.244. The van der Waals surface area contributed by atoms with Gasteiger partial charge in [0.05, 0.1) is 6.61 Å². The lowest BCUT2D eigenvalue weighted by Gasteiger charge is -2.35. The fourth-order valence-electron chi connectivity index (χ4n) is 1.40. The van der Waals surface area contributed by atoms with Gasteiger partial charge in [-0.15, -0.1) is 0 Å². The molecule has 6 nitrogen and oxygen atoms in total. The van der Waals surface area contributed by atoms with E-state index in [0.717, 1.165) is 0 Å². The maximum atomic E-state index is 10.6. The Morgan fingerprint density at radius 1 is 1.57 bits per heavy atom. The van der Waals surface area contributed by atoms with Gasteiger partial charge in [0.1, 0.15) is 18.3 Å². The van der Waals surface area contributed by atoms with Gasteiger partial charge in [-0.1, -0.05) is 0 Å². The van der Waals surface area contributed by atoms with Gasteiger partial charge in [0.15, 0.2) is 6.29 Å². The summed E-state index contributed by atoms with van der Waals surface area (Å²) in [6, 6.07) is 0. The lowest BCUT2D eigenvalue weighted by Crippen LogP contribution is -2.51. The van der Waals surface area contributed by atoms with Crippen LogP contribution in [-0.2, 0) is 14.3 Å². The number of aliphatic hydroxyl groups excluding tert-OH is 3. The van der Waals surface area contributed by atoms with E-state index in [1.165, 1.54) is 6.92 Å². The Hall–Kier alpha value is -0.690. The second kappa shape index (κ2) is 4.70. The molecule has 4 atom stereocenters. The number of carbonyl (C=O) groups excluding carboxylic acids is 1. The fourth-order valence-corrected chi connectivity index (χ4v) is 1.40. The first-order chi connectivity index (χ1) is 6.54. The van der Waals surface area contributed by atoms with Crippen LogP contribution in [0.5, 0.6) is 0 Å². The minimum absolute atomic E-state index is 0.0112. The van der Waals surface area contributed by atoms with Gasteiger partial charge in [-0.3, -0.25) is 4.79 Å². The third-order valence-electron chi connectivity index (χ3n) is 2.02. The van der Waals surface area contributed by atoms with Gasteiger partial charge in [0.25, 0.3) is 0 Å². The van der Waals surface area contributed by atoms with Crippen molar-refractivity contribution < 1.29 is 29.6 Å². The van der Waals surface area contributed by atoms with E-state index in [1.54, 1.807) is 0 Å². The van der Waals surface area contributed by atoms with Crippen molar-refractivity contribution in [2.24, 2.45) is 0 Å². The van der Waals surface area contributed by atoms with Gasteiger partial charge in [0.2, 0.25) is 0 Å². The van der Waals surface area contributed by atoms with Gasteiger partial charge in [0, 0.05) is 13.3 Å². The van der Waals surface area contributed by atoms with Crippen LogP contribution in [-0.4, -0.2) is 52.5 Å². The molecule has 4 unspecified atom stereocenters. The van der Waals surface area contributed by atoms with E-state index in [-0.39, 0.29) is 6.42 Å². The summed E-state index contributed by atoms with van der Waals surface area (Å²) in [5.74, 6) is -0.542. The molecule has 0 aliphatic carbocycles. The first-order valence-corrected chi connectivity index (χ1v) is 4.34. The summed E-state index contributed by atoms with van der Waals surface area (Å²) >= 11 is 0. The SMILES string of the molecule is CC(=O)OC1CC(O)OC(CO)C1O. The van der Waals surface area contributed by atoms with E-state index in [1.807, 2.05) is 0 Å². The van der Waals surface area contributed by atoms with Crippen molar-refractivity contribution in [3.63, 3.8) is 0 Å². The highest BCUT2D eigenvalue weighted by molar-refractivity contribution is 5.66. The highest BCUT2D eigenvalue weighted by atomic mass is 16.6. The molecule has 1 heterocycles. The Morgan fingerprint density at radius 3 is 2.71 bits per heavy atom. The predicted octanol–water partition coefficient (Wildman–Crippen LogP) is -1.62. The Morgan fingerprint density at radius 2 is 2.21 bits per heavy atom. The number of carbonyl (C=O) groups is 1. The molecule has 0 amide bonds. The zero-order chi connectivity index (χ0) is 10.7. The Kier molecular flexibility index (Phi) is 3.82. The highest BCUT2D eigenvalue weighted by Crippen LogP contribution is 2.21. The molecule has 1 saturated heterocycles. The van der Waals surface area contributed by atoms with Crippen LogP contribution in [0.2, 0.25) is 0 Å². The highest BCUT2D eigenvalue weighted by Gasteiger charge is 2.38. The van der Waals surface area contributed by atoms with Crippen molar-refractivity contribution in [1.29, 1.82) is 0 Å². The molecule has 0 aromatic rings. The maximum Gasteiger partial charge on any atom is 0.302 e. The topological polar surface area (TPSA) is 96.2 Å². The van der Waals surface area contributed by atoms with E-state index in [4.69, 9.17) is 14.6 Å². The predicted molar refractivity (Wildman–Crippen MR) is 44.1 cm³/mol. The first kappa shape index (κ1) is 11.4. The monoisotopic (exact) mass is 206 g/mol. The van der Waals surface area contributed by atoms with Gasteiger partial charge >= 0.3 is 5.97 Å². The molecule has 0 radical (unpaired) electrons. The Balaban J connectivity index is 2.59. The number of esters is 1. The number of hydrogen-bond acceptors (Lipinski definition) is 6. The molecular weight excluding hydrogens is 192 g/mol. The summed E-state index contributed by atoms with van der Waals surface area (Å²) in [7, 11) is 0. The molecule has 0 bridgehead atoms. The van der Waals surface area contributed by atoms with Crippen LogP contribution in [0, 0.1) is 0 Å². The van der Waals surface area contributed by atoms with Gasteiger partial charge < -0.3 is 24.8 Å². The van der Waals surface area contributed by atoms with Gasteiger partial charge in [-0.25, -0.2) is 0 Å². The minimum atomic E-state index is -1.13. The summed E-state index contributed by atoms with van der Waals surface area (Å²) in [6.07, 6.45) is -3.96. The third kappa shape index (κ3) is 2.65. The van der Waals surface area contributed by atoms with Crippen molar-refractivity contribution in [3.8, 4) is 0 Å². The standard InChI is InChI=1S/C8H14O6/c1-4(10)13-5-2-7(11)14-6(3-9)8(5)12/h5-9,11-12H,2-3H2,1H3. The van der Waals surface area contributed by atoms with E-state index in [2.05, 4.69) is 0 Å². The third-order valence-corrected chi connectivity index (χ3v) is 2.02. The molecule has 0 aromatic carbocycles. The van der Waals surface area contributed by atoms with E-state index < -0.39 is 37.2 Å². The average molecular weight is 206 g/mol. The normalized spacial score (nSPS) is 38.0. The number of ether oxygens (including phenoxy) is 2. The van der Waals surface area contributed by atoms with Crippen molar-refractivity contribution in [2.75, 3.05) is 6.61 Å². The summed E-state index contributed by atoms with van der Waals surface area (Å²) < 4.78 is 9.59. The molecule has 6 heteroatoms. The van der Waals surface area contributed by atoms with Gasteiger partial charge in [-0.2, -0.15) is 0 Å². The van der Waals surface area contributed by atoms with Crippen LogP contribution in [0.15, 0.2) is 0 Å². The Labute approximate surface area is 81.1 Å². The zero-order valence-electron chi connectivity index (χ0n) is 7.79. The molecule has 14 heavy (non-hydrogen) atoms. The lowest BCUT2D eigenvalue weighted by atomic mass is 10.0. The average Bonchev–Trinajstić information content (AvgIpc) is 2.09. The summed E-state index contributed by atoms with van der Waals surface area (Å²) in [4.78, 5) is 10.6. The second-order valence-corrected chi connectivity index (χ2v) is 3.19. The molecule has 82 valence electrons. The fraction of sp³-hybridized carbons (Fsp3) is 0.875. The first-order valence-electron chi connectivity index (χ1n) is 4.34. The van der Waals surface area contributed by atoms with Gasteiger partial charge in [-0.05, 0) is 0 Å². The van der Waals surface area contributed by atoms with Crippen LogP contribution >= 0.6 is 0 Å². The maximum absolute atomic E-state index is 10.6. The molecule has 1 aliphatic heterocycles. The molecule has 1 aliphatic rings. The van der Waals surface area contributed by atoms with Crippen molar-refractivity contribution in [2.45, 2.75) is 37.9 Å². The Bertz CT molecular complexity index is 206. The molecule has 3 N–H and O–H groups in total. The smallest absolute Gasteiger partial charge is 0.302 e. The van der Waals surface area contributed by atoms with Crippen molar-refractivity contribution >= 4 is 5.97 Å². The number of hydrogen-bond donors (Lipinski definition) is 3. The van der Waals surface area contributed by atoms with Crippen LogP contribution in [0.25, 0.3) is 0 Å². The summed E-state index contributed by atoms with van der Waals surface area (Å²) in [6.45, 7) is 0.776. The van der Waals surface area contributed by atoms with E-state index >= 15 is 0 Å². The molecule has 1 fully saturated rings. The van der Waals surface area contributed by atoms with Crippen LogP contribution in [0.4, 0.5) is 0 Å². The summed E-state index contributed by atoms with van der Waals surface area (Å²) in [5.41, 5.74) is 0. The zero-order valence-corrected chi connectivity index (χ0v) is 7.79. The van der Waals surface area contributed by atoms with Crippen LogP contribution in [0.1, 0.15) is 13.3 Å². The molecule has 0 aromatic heterocycles. The minimum Gasteiger partial charge on any atom is -0.459 e. The number of rotatable bonds is 2. The van der Waals surface area contributed by atoms with E-state index in [9.17, 15) is 15.0 Å². The van der Waals surface area contributed by atoms with Crippen molar-refractivity contribution in [1.82, 2.24) is 0 Å². The molecule has 1 rings (SSSR count). The number of aliphatic hydroxyl groups is 3. The van der Waals surface area contributed by atoms with Crippen LogP contribution < -0.4 is 0 Å². The van der Waals surface area contributed by atoms with Crippen LogP contribution in [0.3, 0.4) is 0 Å². The molecule has 0 spiro atoms.